The minimum atomic E-state index is -0.317. The Labute approximate surface area is 154 Å². The van der Waals surface area contributed by atoms with Crippen LogP contribution in [0.4, 0.5) is 0 Å². The van der Waals surface area contributed by atoms with Crippen LogP contribution in [0, 0.1) is 0 Å². The molecule has 0 radical (unpaired) electrons. The van der Waals surface area contributed by atoms with Gasteiger partial charge in [0.2, 0.25) is 0 Å². The summed E-state index contributed by atoms with van der Waals surface area (Å²) in [5.41, 5.74) is 2.77. The number of nitrogens with one attached hydrogen (secondary N) is 1. The molecule has 0 saturated heterocycles. The molecule has 0 aliphatic rings. The Morgan fingerprint density at radius 1 is 1.16 bits per heavy atom. The summed E-state index contributed by atoms with van der Waals surface area (Å²) in [4.78, 5) is 11.5. The number of carbonyl (C=O) groups is 1. The Morgan fingerprint density at radius 2 is 1.88 bits per heavy atom. The molecule has 0 saturated carbocycles. The van der Waals surface area contributed by atoms with Crippen LogP contribution < -0.4 is 5.32 Å². The highest BCUT2D eigenvalue weighted by molar-refractivity contribution is 6.30. The number of benzene rings is 2. The van der Waals surface area contributed by atoms with Gasteiger partial charge in [-0.05, 0) is 48.7 Å². The Hall–Kier alpha value is -1.88. The molecule has 5 heteroatoms. The summed E-state index contributed by atoms with van der Waals surface area (Å²) >= 11 is 6.05. The maximum Gasteiger partial charge on any atom is 0.337 e. The zero-order valence-electron chi connectivity index (χ0n) is 14.8. The van der Waals surface area contributed by atoms with Crippen molar-refractivity contribution in [2.24, 2.45) is 0 Å². The van der Waals surface area contributed by atoms with Gasteiger partial charge >= 0.3 is 5.97 Å². The van der Waals surface area contributed by atoms with Crippen molar-refractivity contribution in [2.45, 2.75) is 25.5 Å². The molecule has 0 amide bonds. The Kier molecular flexibility index (Phi) is 7.44. The average molecular weight is 362 g/mol. The molecule has 2 aromatic rings. The minimum absolute atomic E-state index is 0.0529. The first-order valence-corrected chi connectivity index (χ1v) is 8.60. The standard InChI is InChI=1S/C20H24ClNO3/c1-14(11-15-7-9-16(10-8-15)20(23)25-3)22-13-19(24-2)17-5-4-6-18(21)12-17/h4-10,12,14,19,22H,11,13H2,1-3H3. The Morgan fingerprint density at radius 3 is 2.48 bits per heavy atom. The van der Waals surface area contributed by atoms with Gasteiger partial charge in [0.05, 0.1) is 18.8 Å². The van der Waals surface area contributed by atoms with Crippen LogP contribution in [-0.2, 0) is 15.9 Å². The lowest BCUT2D eigenvalue weighted by Crippen LogP contribution is -2.32. The minimum Gasteiger partial charge on any atom is -0.465 e. The summed E-state index contributed by atoms with van der Waals surface area (Å²) in [6.45, 7) is 2.82. The molecule has 4 nitrogen and oxygen atoms in total. The van der Waals surface area contributed by atoms with Gasteiger partial charge in [0.25, 0.3) is 0 Å². The summed E-state index contributed by atoms with van der Waals surface area (Å²) in [5.74, 6) is -0.317. The van der Waals surface area contributed by atoms with Crippen molar-refractivity contribution in [2.75, 3.05) is 20.8 Å². The van der Waals surface area contributed by atoms with Gasteiger partial charge in [0.1, 0.15) is 0 Å². The Bertz CT molecular complexity index is 688. The largest absolute Gasteiger partial charge is 0.465 e. The lowest BCUT2D eigenvalue weighted by molar-refractivity contribution is 0.0600. The van der Waals surface area contributed by atoms with Gasteiger partial charge in [-0.3, -0.25) is 0 Å². The van der Waals surface area contributed by atoms with E-state index in [4.69, 9.17) is 21.1 Å². The third-order valence-electron chi connectivity index (χ3n) is 4.07. The van der Waals surface area contributed by atoms with E-state index in [1.54, 1.807) is 19.2 Å². The highest BCUT2D eigenvalue weighted by atomic mass is 35.5. The molecular formula is C20H24ClNO3. The Balaban J connectivity index is 1.89. The van der Waals surface area contributed by atoms with E-state index in [0.717, 1.165) is 17.5 Å². The summed E-state index contributed by atoms with van der Waals surface area (Å²) in [6.07, 6.45) is 0.802. The van der Waals surface area contributed by atoms with E-state index in [-0.39, 0.29) is 18.1 Å². The van der Waals surface area contributed by atoms with Crippen LogP contribution in [0.3, 0.4) is 0 Å². The lowest BCUT2D eigenvalue weighted by Gasteiger charge is -2.20. The molecule has 0 heterocycles. The molecule has 0 fully saturated rings. The van der Waals surface area contributed by atoms with Gasteiger partial charge in [-0.2, -0.15) is 0 Å². The van der Waals surface area contributed by atoms with E-state index < -0.39 is 0 Å². The number of halogens is 1. The van der Waals surface area contributed by atoms with Crippen molar-refractivity contribution < 1.29 is 14.3 Å². The molecule has 0 spiro atoms. The van der Waals surface area contributed by atoms with Crippen molar-refractivity contribution in [3.63, 3.8) is 0 Å². The number of esters is 1. The molecule has 0 aromatic heterocycles. The zero-order chi connectivity index (χ0) is 18.2. The maximum absolute atomic E-state index is 11.5. The quantitative estimate of drug-likeness (QED) is 0.721. The summed E-state index contributed by atoms with van der Waals surface area (Å²) in [7, 11) is 3.08. The number of carbonyl (C=O) groups excluding carboxylic acids is 1. The number of methoxy groups -OCH3 is 2. The first-order chi connectivity index (χ1) is 12.0. The lowest BCUT2D eigenvalue weighted by atomic mass is 10.0. The fraction of sp³-hybridized carbons (Fsp3) is 0.350. The highest BCUT2D eigenvalue weighted by Crippen LogP contribution is 2.20. The van der Waals surface area contributed by atoms with Crippen LogP contribution >= 0.6 is 11.6 Å². The van der Waals surface area contributed by atoms with Crippen molar-refractivity contribution in [3.8, 4) is 0 Å². The normalized spacial score (nSPS) is 13.3. The second-order valence-corrected chi connectivity index (χ2v) is 6.42. The molecule has 134 valence electrons. The van der Waals surface area contributed by atoms with Crippen LogP contribution in [0.2, 0.25) is 5.02 Å². The SMILES string of the molecule is COC(=O)c1ccc(CC(C)NCC(OC)c2cccc(Cl)c2)cc1. The maximum atomic E-state index is 11.5. The molecule has 2 unspecified atom stereocenters. The first-order valence-electron chi connectivity index (χ1n) is 8.22. The summed E-state index contributed by atoms with van der Waals surface area (Å²) < 4.78 is 10.3. The number of ether oxygens (including phenoxy) is 2. The van der Waals surface area contributed by atoms with E-state index in [1.165, 1.54) is 7.11 Å². The summed E-state index contributed by atoms with van der Waals surface area (Å²) in [6, 6.07) is 15.5. The van der Waals surface area contributed by atoms with E-state index in [0.29, 0.717) is 17.1 Å². The van der Waals surface area contributed by atoms with Crippen LogP contribution in [-0.4, -0.2) is 32.8 Å². The van der Waals surface area contributed by atoms with Gasteiger partial charge < -0.3 is 14.8 Å². The van der Waals surface area contributed by atoms with E-state index in [1.807, 2.05) is 36.4 Å². The molecule has 0 aliphatic heterocycles. The highest BCUT2D eigenvalue weighted by Gasteiger charge is 2.13. The molecule has 1 N–H and O–H groups in total. The summed E-state index contributed by atoms with van der Waals surface area (Å²) in [5, 5.41) is 4.20. The van der Waals surface area contributed by atoms with Crippen molar-refractivity contribution in [1.82, 2.24) is 5.32 Å². The van der Waals surface area contributed by atoms with E-state index >= 15 is 0 Å². The van der Waals surface area contributed by atoms with Crippen molar-refractivity contribution in [3.05, 3.63) is 70.2 Å². The van der Waals surface area contributed by atoms with E-state index in [2.05, 4.69) is 12.2 Å². The monoisotopic (exact) mass is 361 g/mol. The smallest absolute Gasteiger partial charge is 0.337 e. The van der Waals surface area contributed by atoms with Crippen molar-refractivity contribution >= 4 is 17.6 Å². The fourth-order valence-electron chi connectivity index (χ4n) is 2.67. The predicted octanol–water partition coefficient (Wildman–Crippen LogP) is 4.03. The van der Waals surface area contributed by atoms with Crippen LogP contribution in [0.1, 0.15) is 34.5 Å². The van der Waals surface area contributed by atoms with Crippen LogP contribution in [0.15, 0.2) is 48.5 Å². The number of hydrogen-bond acceptors (Lipinski definition) is 4. The second-order valence-electron chi connectivity index (χ2n) is 5.98. The van der Waals surface area contributed by atoms with Gasteiger partial charge in [0.15, 0.2) is 0 Å². The topological polar surface area (TPSA) is 47.6 Å². The fourth-order valence-corrected chi connectivity index (χ4v) is 2.87. The number of hydrogen-bond donors (Lipinski definition) is 1. The van der Waals surface area contributed by atoms with Crippen LogP contribution in [0.5, 0.6) is 0 Å². The molecular weight excluding hydrogens is 338 g/mol. The molecule has 2 aromatic carbocycles. The third-order valence-corrected chi connectivity index (χ3v) is 4.31. The van der Waals surface area contributed by atoms with Gasteiger partial charge in [-0.25, -0.2) is 4.79 Å². The van der Waals surface area contributed by atoms with Crippen LogP contribution in [0.25, 0.3) is 0 Å². The molecule has 0 aliphatic carbocycles. The average Bonchev–Trinajstić information content (AvgIpc) is 2.62. The third kappa shape index (κ3) is 5.85. The zero-order valence-corrected chi connectivity index (χ0v) is 15.5. The van der Waals surface area contributed by atoms with Gasteiger partial charge in [-0.15, -0.1) is 0 Å². The van der Waals surface area contributed by atoms with Crippen molar-refractivity contribution in [1.29, 1.82) is 0 Å². The van der Waals surface area contributed by atoms with Gasteiger partial charge in [0, 0.05) is 24.7 Å². The second kappa shape index (κ2) is 9.56. The number of rotatable bonds is 8. The predicted molar refractivity (Wildman–Crippen MR) is 100 cm³/mol. The molecule has 2 atom stereocenters. The van der Waals surface area contributed by atoms with Gasteiger partial charge in [-0.1, -0.05) is 35.9 Å². The van der Waals surface area contributed by atoms with E-state index in [9.17, 15) is 4.79 Å². The molecule has 0 bridgehead atoms. The molecule has 25 heavy (non-hydrogen) atoms. The first kappa shape index (κ1) is 19.4. The molecule has 2 rings (SSSR count).